The van der Waals surface area contributed by atoms with Crippen LogP contribution in [0.2, 0.25) is 0 Å². The lowest BCUT2D eigenvalue weighted by molar-refractivity contribution is 0.820. The fraction of sp³-hybridized carbons (Fsp3) is 0.333. The zero-order chi connectivity index (χ0) is 13.5. The summed E-state index contributed by atoms with van der Waals surface area (Å²) in [6.07, 6.45) is 3.53. The Labute approximate surface area is 114 Å². The number of nitrogens with zero attached hydrogens (tertiary/aromatic N) is 3. The van der Waals surface area contributed by atoms with Crippen LogP contribution in [0.5, 0.6) is 0 Å². The minimum Gasteiger partial charge on any atom is -0.359 e. The molecule has 19 heavy (non-hydrogen) atoms. The molecule has 2 aromatic rings. The smallest absolute Gasteiger partial charge is 0.131 e. The van der Waals surface area contributed by atoms with Crippen molar-refractivity contribution in [1.29, 1.82) is 0 Å². The number of nitrogens with two attached hydrogens (primary N) is 1. The van der Waals surface area contributed by atoms with Gasteiger partial charge in [0, 0.05) is 26.2 Å². The molecule has 0 aliphatic carbocycles. The molecule has 1 heterocycles. The van der Waals surface area contributed by atoms with Crippen molar-refractivity contribution in [3.63, 3.8) is 0 Å². The normalized spacial score (nSPS) is 10.4. The molecule has 0 saturated carbocycles. The molecule has 4 nitrogen and oxygen atoms in total. The summed E-state index contributed by atoms with van der Waals surface area (Å²) in [4.78, 5) is 10.9. The highest BCUT2D eigenvalue weighted by Gasteiger charge is 2.04. The predicted molar refractivity (Wildman–Crippen MR) is 78.2 cm³/mol. The second kappa shape index (κ2) is 6.85. The number of rotatable bonds is 6. The van der Waals surface area contributed by atoms with Gasteiger partial charge < -0.3 is 10.6 Å². The van der Waals surface area contributed by atoms with Crippen molar-refractivity contribution in [2.24, 2.45) is 5.73 Å². The maximum absolute atomic E-state index is 5.53. The first-order valence-corrected chi connectivity index (χ1v) is 6.56. The molecule has 0 radical (unpaired) electrons. The maximum Gasteiger partial charge on any atom is 0.131 e. The molecule has 1 aromatic carbocycles. The Bertz CT molecular complexity index is 499. The number of benzene rings is 1. The number of hydrogen-bond donors (Lipinski definition) is 1. The lowest BCUT2D eigenvalue weighted by atomic mass is 10.1. The molecule has 2 N–H and O–H groups in total. The summed E-state index contributed by atoms with van der Waals surface area (Å²) < 4.78 is 0. The number of aromatic nitrogens is 2. The largest absolute Gasteiger partial charge is 0.359 e. The van der Waals surface area contributed by atoms with Crippen LogP contribution in [0, 0.1) is 0 Å². The number of likely N-dealkylation sites (N-methyl/N-ethyl adjacent to an activating group) is 1. The lowest BCUT2D eigenvalue weighted by Crippen LogP contribution is -2.22. The first-order chi connectivity index (χ1) is 9.29. The van der Waals surface area contributed by atoms with Crippen LogP contribution in [-0.4, -0.2) is 30.1 Å². The van der Waals surface area contributed by atoms with Crippen LogP contribution < -0.4 is 10.6 Å². The monoisotopic (exact) mass is 256 g/mol. The van der Waals surface area contributed by atoms with Gasteiger partial charge in [-0.2, -0.15) is 0 Å². The molecule has 0 spiro atoms. The average molecular weight is 256 g/mol. The van der Waals surface area contributed by atoms with Gasteiger partial charge in [-0.1, -0.05) is 30.3 Å². The van der Waals surface area contributed by atoms with Gasteiger partial charge in [-0.05, 0) is 24.6 Å². The molecule has 2 rings (SSSR count). The first-order valence-electron chi connectivity index (χ1n) is 6.56. The third-order valence-corrected chi connectivity index (χ3v) is 3.03. The van der Waals surface area contributed by atoms with Gasteiger partial charge >= 0.3 is 0 Å². The molecule has 0 bridgehead atoms. The van der Waals surface area contributed by atoms with Crippen molar-refractivity contribution in [3.8, 4) is 0 Å². The maximum atomic E-state index is 5.53. The van der Waals surface area contributed by atoms with Crippen molar-refractivity contribution in [1.82, 2.24) is 9.97 Å². The molecule has 1 aromatic heterocycles. The minimum atomic E-state index is 0.581. The van der Waals surface area contributed by atoms with E-state index in [4.69, 9.17) is 5.73 Å². The Kier molecular flexibility index (Phi) is 4.86. The summed E-state index contributed by atoms with van der Waals surface area (Å²) in [7, 11) is 2.05. The van der Waals surface area contributed by atoms with Gasteiger partial charge in [0.1, 0.15) is 11.6 Å². The fourth-order valence-electron chi connectivity index (χ4n) is 1.91. The summed E-state index contributed by atoms with van der Waals surface area (Å²) in [6, 6.07) is 12.4. The van der Waals surface area contributed by atoms with E-state index in [1.807, 2.05) is 12.1 Å². The number of anilines is 1. The molecule has 4 heteroatoms. The van der Waals surface area contributed by atoms with Crippen molar-refractivity contribution in [3.05, 3.63) is 54.0 Å². The Hall–Kier alpha value is -1.94. The summed E-state index contributed by atoms with van der Waals surface area (Å²) in [5.41, 5.74) is 6.87. The van der Waals surface area contributed by atoms with Gasteiger partial charge in [0.2, 0.25) is 0 Å². The van der Waals surface area contributed by atoms with E-state index in [1.165, 1.54) is 5.56 Å². The Morgan fingerprint density at radius 1 is 1.11 bits per heavy atom. The topological polar surface area (TPSA) is 55.0 Å². The van der Waals surface area contributed by atoms with E-state index in [0.717, 1.165) is 31.0 Å². The van der Waals surface area contributed by atoms with E-state index in [0.29, 0.717) is 6.54 Å². The van der Waals surface area contributed by atoms with Crippen LogP contribution in [-0.2, 0) is 12.8 Å². The molecule has 0 saturated heterocycles. The summed E-state index contributed by atoms with van der Waals surface area (Å²) >= 11 is 0. The third-order valence-electron chi connectivity index (χ3n) is 3.03. The molecular weight excluding hydrogens is 236 g/mol. The van der Waals surface area contributed by atoms with Crippen LogP contribution in [0.1, 0.15) is 11.4 Å². The van der Waals surface area contributed by atoms with E-state index in [-0.39, 0.29) is 0 Å². The van der Waals surface area contributed by atoms with Gasteiger partial charge in [-0.15, -0.1) is 0 Å². The molecular formula is C15H20N4. The van der Waals surface area contributed by atoms with E-state index < -0.39 is 0 Å². The molecule has 0 amide bonds. The molecule has 0 unspecified atom stereocenters. The van der Waals surface area contributed by atoms with Gasteiger partial charge in [-0.25, -0.2) is 9.97 Å². The fourth-order valence-corrected chi connectivity index (χ4v) is 1.91. The van der Waals surface area contributed by atoms with Crippen molar-refractivity contribution in [2.75, 3.05) is 25.0 Å². The lowest BCUT2D eigenvalue weighted by Gasteiger charge is -2.18. The van der Waals surface area contributed by atoms with Crippen molar-refractivity contribution in [2.45, 2.75) is 12.8 Å². The zero-order valence-electron chi connectivity index (χ0n) is 11.3. The summed E-state index contributed by atoms with van der Waals surface area (Å²) in [5, 5.41) is 0. The highest BCUT2D eigenvalue weighted by Crippen LogP contribution is 2.09. The Morgan fingerprint density at radius 3 is 2.63 bits per heavy atom. The van der Waals surface area contributed by atoms with Crippen molar-refractivity contribution < 1.29 is 0 Å². The highest BCUT2D eigenvalue weighted by atomic mass is 15.2. The SMILES string of the molecule is CN(CCc1ccccc1)c1ccnc(CCN)n1. The molecule has 0 aliphatic rings. The van der Waals surface area contributed by atoms with E-state index in [1.54, 1.807) is 6.20 Å². The standard InChI is InChI=1S/C15H20N4/c1-19(12-9-13-5-3-2-4-6-13)15-8-11-17-14(18-15)7-10-16/h2-6,8,11H,7,9-10,12,16H2,1H3. The number of hydrogen-bond acceptors (Lipinski definition) is 4. The van der Waals surface area contributed by atoms with E-state index in [9.17, 15) is 0 Å². The zero-order valence-corrected chi connectivity index (χ0v) is 11.3. The molecule has 0 fully saturated rings. The quantitative estimate of drug-likeness (QED) is 0.854. The van der Waals surface area contributed by atoms with Crippen LogP contribution >= 0.6 is 0 Å². The second-order valence-electron chi connectivity index (χ2n) is 4.53. The summed E-state index contributed by atoms with van der Waals surface area (Å²) in [5.74, 6) is 1.76. The summed E-state index contributed by atoms with van der Waals surface area (Å²) in [6.45, 7) is 1.51. The third kappa shape index (κ3) is 4.03. The van der Waals surface area contributed by atoms with Crippen LogP contribution in [0.4, 0.5) is 5.82 Å². The second-order valence-corrected chi connectivity index (χ2v) is 4.53. The average Bonchev–Trinajstić information content (AvgIpc) is 2.46. The minimum absolute atomic E-state index is 0.581. The predicted octanol–water partition coefficient (Wildman–Crippen LogP) is 1.66. The van der Waals surface area contributed by atoms with Gasteiger partial charge in [0.05, 0.1) is 0 Å². The van der Waals surface area contributed by atoms with Crippen LogP contribution in [0.3, 0.4) is 0 Å². The van der Waals surface area contributed by atoms with E-state index in [2.05, 4.69) is 46.2 Å². The first kappa shape index (κ1) is 13.5. The Balaban J connectivity index is 1.95. The van der Waals surface area contributed by atoms with E-state index >= 15 is 0 Å². The van der Waals surface area contributed by atoms with Gasteiger partial charge in [0.25, 0.3) is 0 Å². The highest BCUT2D eigenvalue weighted by molar-refractivity contribution is 5.36. The van der Waals surface area contributed by atoms with Gasteiger partial charge in [0.15, 0.2) is 0 Å². The molecule has 0 aliphatic heterocycles. The molecule has 0 atom stereocenters. The van der Waals surface area contributed by atoms with Crippen LogP contribution in [0.25, 0.3) is 0 Å². The van der Waals surface area contributed by atoms with Gasteiger partial charge in [-0.3, -0.25) is 0 Å². The Morgan fingerprint density at radius 2 is 1.89 bits per heavy atom. The molecule has 100 valence electrons. The van der Waals surface area contributed by atoms with Crippen molar-refractivity contribution >= 4 is 5.82 Å². The van der Waals surface area contributed by atoms with Crippen LogP contribution in [0.15, 0.2) is 42.6 Å².